The summed E-state index contributed by atoms with van der Waals surface area (Å²) < 4.78 is 50.6. The summed E-state index contributed by atoms with van der Waals surface area (Å²) in [4.78, 5) is 23.9. The molecule has 0 saturated carbocycles. The number of alkyl halides is 2. The predicted octanol–water partition coefficient (Wildman–Crippen LogP) is 5.01. The van der Waals surface area contributed by atoms with E-state index in [4.69, 9.17) is 0 Å². The molecule has 5 rings (SSSR count). The highest BCUT2D eigenvalue weighted by Crippen LogP contribution is 2.36. The average Bonchev–Trinajstić information content (AvgIpc) is 2.93. The Bertz CT molecular complexity index is 1560. The van der Waals surface area contributed by atoms with Gasteiger partial charge in [-0.15, -0.1) is 0 Å². The summed E-state index contributed by atoms with van der Waals surface area (Å²) >= 11 is 0. The number of nitrogens with zero attached hydrogens (tertiary/aromatic N) is 3. The number of carbonyl (C=O) groups is 1. The maximum absolute atomic E-state index is 13.6. The number of amides is 1. The molecular weight excluding hydrogens is 536 g/mol. The summed E-state index contributed by atoms with van der Waals surface area (Å²) in [7, 11) is -3.45. The zero-order chi connectivity index (χ0) is 28.5. The average molecular weight is 568 g/mol. The first-order valence-corrected chi connectivity index (χ1v) is 15.0. The van der Waals surface area contributed by atoms with Crippen molar-refractivity contribution in [3.05, 3.63) is 71.7 Å². The summed E-state index contributed by atoms with van der Waals surface area (Å²) in [6.07, 6.45) is 6.32. The van der Waals surface area contributed by atoms with Crippen molar-refractivity contribution in [2.24, 2.45) is 0 Å². The highest BCUT2D eigenvalue weighted by molar-refractivity contribution is 7.90. The van der Waals surface area contributed by atoms with E-state index in [-0.39, 0.29) is 23.8 Å². The fraction of sp³-hybridized carbons (Fsp3) is 0.345. The lowest BCUT2D eigenvalue weighted by Crippen LogP contribution is -2.38. The van der Waals surface area contributed by atoms with Gasteiger partial charge in [-0.1, -0.05) is 13.0 Å². The van der Waals surface area contributed by atoms with Crippen LogP contribution in [0.2, 0.25) is 0 Å². The molecule has 2 N–H and O–H groups in total. The van der Waals surface area contributed by atoms with E-state index >= 15 is 0 Å². The Labute approximate surface area is 232 Å². The molecule has 1 fully saturated rings. The molecule has 1 amide bonds. The Kier molecular flexibility index (Phi) is 7.70. The van der Waals surface area contributed by atoms with Crippen molar-refractivity contribution in [1.29, 1.82) is 0 Å². The Morgan fingerprint density at radius 3 is 2.52 bits per heavy atom. The molecule has 0 bridgehead atoms. The number of sulfone groups is 1. The standard InChI is InChI=1S/C29H31F2N5O3S/c1-3-20-16-33-25-6-4-21(22-12-19(14-32-15-22)18-36-10-8-29(30,31)9-11-36)13-24(25)27(20)28(37)35-23-5-7-26(34-17-23)40(2,38)39/h4-7,12-15,17,33H,3,8-11,16,18H2,1-2H3,(H,35,37). The highest BCUT2D eigenvalue weighted by Gasteiger charge is 2.34. The zero-order valence-electron chi connectivity index (χ0n) is 22.4. The fourth-order valence-electron chi connectivity index (χ4n) is 5.05. The van der Waals surface area contributed by atoms with Gasteiger partial charge in [-0.3, -0.25) is 14.7 Å². The Hall–Kier alpha value is -3.70. The van der Waals surface area contributed by atoms with Crippen molar-refractivity contribution in [3.63, 3.8) is 0 Å². The largest absolute Gasteiger partial charge is 0.381 e. The molecule has 0 atom stereocenters. The second-order valence-electron chi connectivity index (χ2n) is 10.3. The van der Waals surface area contributed by atoms with Gasteiger partial charge in [0.05, 0.1) is 11.9 Å². The number of benzene rings is 1. The first-order chi connectivity index (χ1) is 19.0. The van der Waals surface area contributed by atoms with Crippen LogP contribution in [-0.2, 0) is 21.2 Å². The van der Waals surface area contributed by atoms with Crippen molar-refractivity contribution in [1.82, 2.24) is 14.9 Å². The lowest BCUT2D eigenvalue weighted by molar-refractivity contribution is -0.111. The van der Waals surface area contributed by atoms with Gasteiger partial charge in [0.1, 0.15) is 0 Å². The van der Waals surface area contributed by atoms with Gasteiger partial charge in [0.15, 0.2) is 14.9 Å². The predicted molar refractivity (Wildman–Crippen MR) is 151 cm³/mol. The molecule has 2 aliphatic heterocycles. The molecule has 0 radical (unpaired) electrons. The Morgan fingerprint density at radius 1 is 1.07 bits per heavy atom. The van der Waals surface area contributed by atoms with E-state index in [1.807, 2.05) is 36.1 Å². The molecule has 1 aromatic carbocycles. The van der Waals surface area contributed by atoms with Crippen molar-refractivity contribution in [2.45, 2.75) is 43.7 Å². The summed E-state index contributed by atoms with van der Waals surface area (Å²) in [6.45, 7) is 3.76. The van der Waals surface area contributed by atoms with Crippen LogP contribution in [0.15, 0.2) is 65.6 Å². The number of halogens is 2. The molecule has 4 heterocycles. The van der Waals surface area contributed by atoms with E-state index in [1.54, 1.807) is 12.4 Å². The van der Waals surface area contributed by atoms with Gasteiger partial charge in [-0.2, -0.15) is 0 Å². The van der Waals surface area contributed by atoms with Crippen LogP contribution >= 0.6 is 0 Å². The Balaban J connectivity index is 1.40. The molecule has 2 aromatic heterocycles. The molecule has 3 aromatic rings. The van der Waals surface area contributed by atoms with Crippen LogP contribution in [0.3, 0.4) is 0 Å². The SMILES string of the molecule is CCC1=C(C(=O)Nc2ccc(S(C)(=O)=O)nc2)c2cc(-c3cncc(CN4CCC(F)(F)CC4)c3)ccc2NC1. The fourth-order valence-corrected chi connectivity index (χ4v) is 5.61. The lowest BCUT2D eigenvalue weighted by Gasteiger charge is -2.31. The van der Waals surface area contributed by atoms with Crippen molar-refractivity contribution >= 4 is 32.7 Å². The number of pyridine rings is 2. The minimum atomic E-state index is -3.45. The van der Waals surface area contributed by atoms with Gasteiger partial charge in [0.2, 0.25) is 0 Å². The highest BCUT2D eigenvalue weighted by atomic mass is 32.2. The minimum absolute atomic E-state index is 0.0649. The molecule has 2 aliphatic rings. The second kappa shape index (κ2) is 11.1. The van der Waals surface area contributed by atoms with Gasteiger partial charge in [0, 0.05) is 80.1 Å². The molecule has 0 unspecified atom stereocenters. The maximum atomic E-state index is 13.6. The number of likely N-dealkylation sites (tertiary alicyclic amines) is 1. The van der Waals surface area contributed by atoms with E-state index < -0.39 is 15.8 Å². The van der Waals surface area contributed by atoms with E-state index in [9.17, 15) is 22.0 Å². The molecule has 210 valence electrons. The summed E-state index contributed by atoms with van der Waals surface area (Å²) in [5, 5.41) is 6.18. The maximum Gasteiger partial charge on any atom is 0.256 e. The third-order valence-corrected chi connectivity index (χ3v) is 8.29. The van der Waals surface area contributed by atoms with Crippen LogP contribution in [0.1, 0.15) is 37.3 Å². The van der Waals surface area contributed by atoms with Crippen molar-refractivity contribution in [3.8, 4) is 11.1 Å². The molecule has 1 saturated heterocycles. The van der Waals surface area contributed by atoms with Gasteiger partial charge in [-0.25, -0.2) is 22.2 Å². The quantitative estimate of drug-likeness (QED) is 0.414. The summed E-state index contributed by atoms with van der Waals surface area (Å²) in [5.41, 5.74) is 6.15. The normalized spacial score (nSPS) is 17.2. The Morgan fingerprint density at radius 2 is 1.85 bits per heavy atom. The van der Waals surface area contributed by atoms with Gasteiger partial charge in [-0.05, 0) is 53.5 Å². The van der Waals surface area contributed by atoms with Crippen LogP contribution < -0.4 is 10.6 Å². The van der Waals surface area contributed by atoms with Crippen LogP contribution in [0.4, 0.5) is 20.2 Å². The van der Waals surface area contributed by atoms with Crippen LogP contribution in [0.5, 0.6) is 0 Å². The molecule has 0 aliphatic carbocycles. The minimum Gasteiger partial charge on any atom is -0.381 e. The number of rotatable bonds is 7. The number of nitrogens with one attached hydrogen (secondary N) is 2. The monoisotopic (exact) mass is 567 g/mol. The topological polar surface area (TPSA) is 104 Å². The number of hydrogen-bond donors (Lipinski definition) is 2. The smallest absolute Gasteiger partial charge is 0.256 e. The van der Waals surface area contributed by atoms with Gasteiger partial charge in [0.25, 0.3) is 11.8 Å². The van der Waals surface area contributed by atoms with Crippen LogP contribution in [-0.4, -0.2) is 61.0 Å². The van der Waals surface area contributed by atoms with Gasteiger partial charge < -0.3 is 10.6 Å². The molecular formula is C29H31F2N5O3S. The van der Waals surface area contributed by atoms with Gasteiger partial charge >= 0.3 is 0 Å². The third-order valence-electron chi connectivity index (χ3n) is 7.28. The lowest BCUT2D eigenvalue weighted by atomic mass is 9.90. The number of hydrogen-bond acceptors (Lipinski definition) is 7. The summed E-state index contributed by atoms with van der Waals surface area (Å²) in [6, 6.07) is 10.8. The molecule has 40 heavy (non-hydrogen) atoms. The number of piperidine rings is 1. The zero-order valence-corrected chi connectivity index (χ0v) is 23.2. The van der Waals surface area contributed by atoms with E-state index in [2.05, 4.69) is 20.6 Å². The van der Waals surface area contributed by atoms with Crippen molar-refractivity contribution in [2.75, 3.05) is 36.5 Å². The second-order valence-corrected chi connectivity index (χ2v) is 12.2. The van der Waals surface area contributed by atoms with E-state index in [1.165, 1.54) is 18.3 Å². The molecule has 8 nitrogen and oxygen atoms in total. The summed E-state index contributed by atoms with van der Waals surface area (Å²) in [5.74, 6) is -2.89. The van der Waals surface area contributed by atoms with E-state index in [0.717, 1.165) is 39.8 Å². The molecule has 0 spiro atoms. The number of carbonyl (C=O) groups excluding carboxylic acids is 1. The third kappa shape index (κ3) is 6.20. The van der Waals surface area contributed by atoms with Crippen LogP contribution in [0.25, 0.3) is 16.7 Å². The first kappa shape index (κ1) is 27.9. The van der Waals surface area contributed by atoms with E-state index in [0.29, 0.717) is 43.9 Å². The van der Waals surface area contributed by atoms with Crippen molar-refractivity contribution < 1.29 is 22.0 Å². The first-order valence-electron chi connectivity index (χ1n) is 13.1. The number of fused-ring (bicyclic) bond motifs is 1. The number of aromatic nitrogens is 2. The molecule has 11 heteroatoms. The number of anilines is 2. The van der Waals surface area contributed by atoms with Crippen LogP contribution in [0, 0.1) is 0 Å².